The maximum atomic E-state index is 11.4. The van der Waals surface area contributed by atoms with Gasteiger partial charge < -0.3 is 5.11 Å². The number of aliphatic carboxylic acids is 1. The first-order valence-corrected chi connectivity index (χ1v) is 6.67. The lowest BCUT2D eigenvalue weighted by molar-refractivity contribution is -0.145. The second kappa shape index (κ2) is 4.09. The van der Waals surface area contributed by atoms with Crippen molar-refractivity contribution in [3.63, 3.8) is 0 Å². The third kappa shape index (κ3) is 2.03. The molecule has 2 N–H and O–H groups in total. The Balaban J connectivity index is 1.67. The van der Waals surface area contributed by atoms with Gasteiger partial charge in [0.15, 0.2) is 0 Å². The predicted molar refractivity (Wildman–Crippen MR) is 69.5 cm³/mol. The first kappa shape index (κ1) is 11.7. The van der Waals surface area contributed by atoms with Crippen LogP contribution in [-0.2, 0) is 4.79 Å². The molecule has 2 saturated carbocycles. The first-order chi connectivity index (χ1) is 8.61. The average molecular weight is 245 g/mol. The van der Waals surface area contributed by atoms with E-state index >= 15 is 0 Å². The minimum atomic E-state index is -0.728. The summed E-state index contributed by atoms with van der Waals surface area (Å²) in [5.41, 5.74) is 0.590. The molecule has 2 aliphatic rings. The van der Waals surface area contributed by atoms with E-state index in [0.29, 0.717) is 17.9 Å². The highest BCUT2D eigenvalue weighted by Crippen LogP contribution is 2.46. The van der Waals surface area contributed by atoms with Gasteiger partial charge in [-0.3, -0.25) is 10.1 Å². The normalized spacial score (nSPS) is 29.6. The summed E-state index contributed by atoms with van der Waals surface area (Å²) in [5, 5.41) is 12.8. The van der Waals surface area contributed by atoms with Crippen LogP contribution in [0.15, 0.2) is 30.3 Å². The van der Waals surface area contributed by atoms with Gasteiger partial charge >= 0.3 is 5.97 Å². The van der Waals surface area contributed by atoms with Gasteiger partial charge in [0.1, 0.15) is 5.54 Å². The molecule has 0 bridgehead atoms. The molecule has 96 valence electrons. The van der Waals surface area contributed by atoms with E-state index in [1.807, 2.05) is 25.1 Å². The monoisotopic (exact) mass is 245 g/mol. The van der Waals surface area contributed by atoms with E-state index < -0.39 is 11.5 Å². The van der Waals surface area contributed by atoms with Crippen LogP contribution < -0.4 is 5.32 Å². The molecule has 3 atom stereocenters. The molecule has 3 nitrogen and oxygen atoms in total. The van der Waals surface area contributed by atoms with E-state index in [9.17, 15) is 9.90 Å². The number of carbonyl (C=O) groups is 1. The molecule has 0 aliphatic heterocycles. The van der Waals surface area contributed by atoms with Crippen LogP contribution in [0.3, 0.4) is 0 Å². The first-order valence-electron chi connectivity index (χ1n) is 6.67. The van der Waals surface area contributed by atoms with Crippen LogP contribution in [0.4, 0.5) is 0 Å². The molecule has 0 amide bonds. The van der Waals surface area contributed by atoms with Crippen molar-refractivity contribution in [2.45, 2.75) is 43.7 Å². The third-order valence-electron chi connectivity index (χ3n) is 4.34. The Morgan fingerprint density at radius 2 is 2.00 bits per heavy atom. The Hall–Kier alpha value is -1.35. The average Bonchev–Trinajstić information content (AvgIpc) is 3.24. The van der Waals surface area contributed by atoms with E-state index in [1.54, 1.807) is 0 Å². The van der Waals surface area contributed by atoms with Gasteiger partial charge in [-0.05, 0) is 37.7 Å². The van der Waals surface area contributed by atoms with Gasteiger partial charge in [0.2, 0.25) is 0 Å². The summed E-state index contributed by atoms with van der Waals surface area (Å²) in [6, 6.07) is 10.7. The maximum Gasteiger partial charge on any atom is 0.323 e. The van der Waals surface area contributed by atoms with Gasteiger partial charge in [0.05, 0.1) is 0 Å². The lowest BCUT2D eigenvalue weighted by Crippen LogP contribution is -2.52. The van der Waals surface area contributed by atoms with E-state index in [-0.39, 0.29) is 0 Å². The molecule has 1 aromatic carbocycles. The summed E-state index contributed by atoms with van der Waals surface area (Å²) in [4.78, 5) is 11.4. The van der Waals surface area contributed by atoms with Crippen LogP contribution in [0.1, 0.15) is 37.7 Å². The van der Waals surface area contributed by atoms with Gasteiger partial charge in [-0.25, -0.2) is 0 Å². The largest absolute Gasteiger partial charge is 0.480 e. The molecule has 2 fully saturated rings. The highest BCUT2D eigenvalue weighted by molar-refractivity contribution is 5.79. The van der Waals surface area contributed by atoms with Gasteiger partial charge in [-0.15, -0.1) is 0 Å². The van der Waals surface area contributed by atoms with Gasteiger partial charge in [0, 0.05) is 12.0 Å². The fourth-order valence-corrected chi connectivity index (χ4v) is 2.82. The number of carboxylic acid groups (broad SMARTS) is 1. The smallest absolute Gasteiger partial charge is 0.323 e. The second-order valence-corrected chi connectivity index (χ2v) is 5.79. The van der Waals surface area contributed by atoms with Crippen molar-refractivity contribution in [1.82, 2.24) is 5.32 Å². The number of hydrogen-bond acceptors (Lipinski definition) is 2. The molecule has 3 unspecified atom stereocenters. The number of hydrogen-bond donors (Lipinski definition) is 2. The topological polar surface area (TPSA) is 49.3 Å². The summed E-state index contributed by atoms with van der Waals surface area (Å²) in [5.74, 6) is 0.0966. The molecule has 18 heavy (non-hydrogen) atoms. The van der Waals surface area contributed by atoms with Gasteiger partial charge in [0.25, 0.3) is 0 Å². The Bertz CT molecular complexity index is 455. The molecular formula is C15H19NO2. The van der Waals surface area contributed by atoms with Crippen molar-refractivity contribution in [2.75, 3.05) is 0 Å². The Morgan fingerprint density at radius 3 is 2.56 bits per heavy atom. The Labute approximate surface area is 107 Å². The molecular weight excluding hydrogens is 226 g/mol. The minimum absolute atomic E-state index is 0.312. The van der Waals surface area contributed by atoms with Crippen LogP contribution in [0.2, 0.25) is 0 Å². The number of benzene rings is 1. The summed E-state index contributed by atoms with van der Waals surface area (Å²) >= 11 is 0. The van der Waals surface area contributed by atoms with E-state index in [0.717, 1.165) is 19.3 Å². The molecule has 0 saturated heterocycles. The molecule has 0 radical (unpaired) electrons. The highest BCUT2D eigenvalue weighted by Gasteiger charge is 2.52. The quantitative estimate of drug-likeness (QED) is 0.837. The van der Waals surface area contributed by atoms with Crippen LogP contribution in [0.25, 0.3) is 0 Å². The number of rotatable bonds is 5. The SMILES string of the molecule is CC(NC1CC1c1ccccc1)(C(=O)O)C1CC1. The molecule has 0 aromatic heterocycles. The lowest BCUT2D eigenvalue weighted by atomic mass is 9.95. The van der Waals surface area contributed by atoms with E-state index in [1.165, 1.54) is 5.56 Å². The fraction of sp³-hybridized carbons (Fsp3) is 0.533. The van der Waals surface area contributed by atoms with Crippen molar-refractivity contribution in [1.29, 1.82) is 0 Å². The van der Waals surface area contributed by atoms with Crippen LogP contribution in [0.5, 0.6) is 0 Å². The van der Waals surface area contributed by atoms with Crippen LogP contribution in [0, 0.1) is 5.92 Å². The Kier molecular flexibility index (Phi) is 2.67. The second-order valence-electron chi connectivity index (χ2n) is 5.79. The van der Waals surface area contributed by atoms with Gasteiger partial charge in [-0.1, -0.05) is 30.3 Å². The zero-order valence-electron chi connectivity index (χ0n) is 10.6. The van der Waals surface area contributed by atoms with Crippen LogP contribution in [-0.4, -0.2) is 22.7 Å². The zero-order chi connectivity index (χ0) is 12.8. The van der Waals surface area contributed by atoms with Crippen molar-refractivity contribution in [2.24, 2.45) is 5.92 Å². The fourth-order valence-electron chi connectivity index (χ4n) is 2.82. The zero-order valence-corrected chi connectivity index (χ0v) is 10.6. The third-order valence-corrected chi connectivity index (χ3v) is 4.34. The van der Waals surface area contributed by atoms with E-state index in [2.05, 4.69) is 17.4 Å². The predicted octanol–water partition coefficient (Wildman–Crippen LogP) is 2.39. The molecule has 1 aromatic rings. The van der Waals surface area contributed by atoms with Crippen molar-refractivity contribution < 1.29 is 9.90 Å². The maximum absolute atomic E-state index is 11.4. The lowest BCUT2D eigenvalue weighted by Gasteiger charge is -2.26. The standard InChI is InChI=1S/C15H19NO2/c1-15(14(17)18,11-7-8-11)16-13-9-12(13)10-5-3-2-4-6-10/h2-6,11-13,16H,7-9H2,1H3,(H,17,18). The Morgan fingerprint density at radius 1 is 1.33 bits per heavy atom. The molecule has 0 spiro atoms. The number of carboxylic acids is 1. The molecule has 0 heterocycles. The highest BCUT2D eigenvalue weighted by atomic mass is 16.4. The van der Waals surface area contributed by atoms with Gasteiger partial charge in [-0.2, -0.15) is 0 Å². The van der Waals surface area contributed by atoms with Crippen molar-refractivity contribution >= 4 is 5.97 Å². The minimum Gasteiger partial charge on any atom is -0.480 e. The summed E-state index contributed by atoms with van der Waals surface area (Å²) in [6.45, 7) is 1.84. The number of nitrogens with one attached hydrogen (secondary N) is 1. The molecule has 2 aliphatic carbocycles. The van der Waals surface area contributed by atoms with Crippen molar-refractivity contribution in [3.05, 3.63) is 35.9 Å². The van der Waals surface area contributed by atoms with E-state index in [4.69, 9.17) is 0 Å². The summed E-state index contributed by atoms with van der Waals surface area (Å²) in [7, 11) is 0. The van der Waals surface area contributed by atoms with Crippen LogP contribution >= 0.6 is 0 Å². The summed E-state index contributed by atoms with van der Waals surface area (Å²) in [6.07, 6.45) is 3.14. The molecule has 3 heteroatoms. The van der Waals surface area contributed by atoms with Crippen molar-refractivity contribution in [3.8, 4) is 0 Å². The molecule has 3 rings (SSSR count). The summed E-state index contributed by atoms with van der Waals surface area (Å²) < 4.78 is 0.